The van der Waals surface area contributed by atoms with Crippen LogP contribution in [-0.4, -0.2) is 56.6 Å². The van der Waals surface area contributed by atoms with Crippen LogP contribution in [0, 0.1) is 12.7 Å². The lowest BCUT2D eigenvalue weighted by molar-refractivity contribution is -0.0588. The van der Waals surface area contributed by atoms with Crippen LogP contribution in [0.3, 0.4) is 0 Å². The van der Waals surface area contributed by atoms with Gasteiger partial charge in [0.2, 0.25) is 0 Å². The van der Waals surface area contributed by atoms with Crippen molar-refractivity contribution in [2.45, 2.75) is 65.8 Å². The molecule has 0 aliphatic carbocycles. The lowest BCUT2D eigenvalue weighted by atomic mass is 9.95. The van der Waals surface area contributed by atoms with Crippen LogP contribution in [0.5, 0.6) is 5.75 Å². The van der Waals surface area contributed by atoms with Gasteiger partial charge in [0.05, 0.1) is 29.0 Å². The van der Waals surface area contributed by atoms with Gasteiger partial charge in [-0.25, -0.2) is 14.4 Å². The van der Waals surface area contributed by atoms with Gasteiger partial charge in [-0.15, -0.1) is 0 Å². The number of hydrogen-bond acceptors (Lipinski definition) is 6. The highest BCUT2D eigenvalue weighted by molar-refractivity contribution is 6.31. The molecule has 1 aliphatic rings. The third-order valence-electron chi connectivity index (χ3n) is 6.11. The van der Waals surface area contributed by atoms with E-state index >= 15 is 4.39 Å². The first-order chi connectivity index (χ1) is 16.5. The number of ether oxygens (including phenoxy) is 2. The van der Waals surface area contributed by atoms with E-state index in [1.165, 1.54) is 6.07 Å². The van der Waals surface area contributed by atoms with Gasteiger partial charge in [-0.2, -0.15) is 0 Å². The second-order valence-corrected chi connectivity index (χ2v) is 9.82. The molecule has 4 rings (SSSR count). The first-order valence-electron chi connectivity index (χ1n) is 11.7. The number of aromatic nitrogens is 3. The number of halogens is 2. The van der Waals surface area contributed by atoms with Crippen molar-refractivity contribution in [3.8, 4) is 5.75 Å². The van der Waals surface area contributed by atoms with E-state index < -0.39 is 17.6 Å². The number of amides is 1. The summed E-state index contributed by atoms with van der Waals surface area (Å²) in [6.07, 6.45) is 2.72. The van der Waals surface area contributed by atoms with Gasteiger partial charge in [0.1, 0.15) is 28.5 Å². The van der Waals surface area contributed by atoms with Crippen LogP contribution in [0.25, 0.3) is 5.52 Å². The number of nitrogen functional groups attached to an aromatic ring is 1. The molecule has 0 radical (unpaired) electrons. The van der Waals surface area contributed by atoms with E-state index in [0.29, 0.717) is 41.5 Å². The fourth-order valence-electron chi connectivity index (χ4n) is 4.72. The highest BCUT2D eigenvalue weighted by atomic mass is 35.5. The minimum atomic E-state index is -0.798. The third-order valence-corrected chi connectivity index (χ3v) is 6.39. The van der Waals surface area contributed by atoms with Gasteiger partial charge in [-0.05, 0) is 40.7 Å². The Balaban J connectivity index is 1.89. The Morgan fingerprint density at radius 1 is 1.29 bits per heavy atom. The molecule has 2 aromatic heterocycles. The van der Waals surface area contributed by atoms with E-state index in [1.54, 1.807) is 17.3 Å². The highest BCUT2D eigenvalue weighted by Crippen LogP contribution is 2.40. The summed E-state index contributed by atoms with van der Waals surface area (Å²) in [4.78, 5) is 24.2. The predicted octanol–water partition coefficient (Wildman–Crippen LogP) is 4.60. The van der Waals surface area contributed by atoms with Crippen LogP contribution in [0.1, 0.15) is 68.0 Å². The number of aryl methyl sites for hydroxylation is 1. The summed E-state index contributed by atoms with van der Waals surface area (Å²) in [5, 5.41) is -0.153. The largest absolute Gasteiger partial charge is 0.490 e. The molecule has 188 valence electrons. The molecule has 1 aliphatic heterocycles. The molecule has 1 aromatic carbocycles. The standard InChI is InChI=1S/C25H31ClFN5O3/c1-12(2)34-22-17(15(5)24-30-16(6)21-23(28)29-7-8-32(21)24)9-18(26)20(27)19(22)25(33)31-10-13(3)35-14(4)11-31/h7-9,12-15H,10-11H2,1-6H3,(H2,28,29)/t13-,14+,15?. The number of benzene rings is 1. The average Bonchev–Trinajstić information content (AvgIpc) is 3.12. The summed E-state index contributed by atoms with van der Waals surface area (Å²) in [7, 11) is 0. The quantitative estimate of drug-likeness (QED) is 0.546. The number of rotatable bonds is 5. The summed E-state index contributed by atoms with van der Waals surface area (Å²) in [5.74, 6) is -0.504. The van der Waals surface area contributed by atoms with Crippen molar-refractivity contribution in [3.63, 3.8) is 0 Å². The van der Waals surface area contributed by atoms with E-state index in [9.17, 15) is 4.79 Å². The molecule has 1 saturated heterocycles. The lowest BCUT2D eigenvalue weighted by Gasteiger charge is -2.36. The number of fused-ring (bicyclic) bond motifs is 1. The second kappa shape index (κ2) is 9.62. The zero-order valence-corrected chi connectivity index (χ0v) is 21.6. The molecule has 8 nitrogen and oxygen atoms in total. The Morgan fingerprint density at radius 2 is 1.94 bits per heavy atom. The molecule has 1 amide bonds. The second-order valence-electron chi connectivity index (χ2n) is 9.41. The molecular formula is C25H31ClFN5O3. The van der Waals surface area contributed by atoms with E-state index in [0.717, 1.165) is 0 Å². The SMILES string of the molecule is Cc1nc(C(C)c2cc(Cl)c(F)c(C(=O)N3C[C@@H](C)O[C@@H](C)C3)c2OC(C)C)n2ccnc(N)c12. The predicted molar refractivity (Wildman–Crippen MR) is 133 cm³/mol. The maximum Gasteiger partial charge on any atom is 0.260 e. The number of hydrogen-bond donors (Lipinski definition) is 1. The fourth-order valence-corrected chi connectivity index (χ4v) is 4.93. The van der Waals surface area contributed by atoms with Gasteiger partial charge in [0.15, 0.2) is 5.82 Å². The lowest BCUT2D eigenvalue weighted by Crippen LogP contribution is -2.48. The van der Waals surface area contributed by atoms with Crippen LogP contribution >= 0.6 is 11.6 Å². The maximum atomic E-state index is 15.5. The van der Waals surface area contributed by atoms with E-state index in [-0.39, 0.29) is 34.6 Å². The van der Waals surface area contributed by atoms with E-state index in [4.69, 9.17) is 31.8 Å². The molecule has 3 aromatic rings. The Morgan fingerprint density at radius 3 is 2.57 bits per heavy atom. The summed E-state index contributed by atoms with van der Waals surface area (Å²) in [6, 6.07) is 1.52. The molecule has 3 atom stereocenters. The summed E-state index contributed by atoms with van der Waals surface area (Å²) < 4.78 is 29.2. The average molecular weight is 504 g/mol. The maximum absolute atomic E-state index is 15.5. The molecule has 0 spiro atoms. The molecular weight excluding hydrogens is 473 g/mol. The highest BCUT2D eigenvalue weighted by Gasteiger charge is 2.34. The van der Waals surface area contributed by atoms with Crippen LogP contribution < -0.4 is 10.5 Å². The Bertz CT molecular complexity index is 1270. The number of nitrogens with zero attached hydrogens (tertiary/aromatic N) is 4. The minimum Gasteiger partial charge on any atom is -0.490 e. The van der Waals surface area contributed by atoms with Gasteiger partial charge in [0.25, 0.3) is 5.91 Å². The number of carbonyl (C=O) groups excluding carboxylic acids is 1. The van der Waals surface area contributed by atoms with Crippen molar-refractivity contribution in [3.05, 3.63) is 51.9 Å². The zero-order valence-electron chi connectivity index (χ0n) is 20.8. The van der Waals surface area contributed by atoms with Crippen molar-refractivity contribution in [2.75, 3.05) is 18.8 Å². The van der Waals surface area contributed by atoms with Crippen molar-refractivity contribution < 1.29 is 18.7 Å². The molecule has 3 heterocycles. The number of imidazole rings is 1. The number of nitrogens with two attached hydrogens (primary N) is 1. The molecule has 1 unspecified atom stereocenters. The molecule has 0 saturated carbocycles. The molecule has 0 bridgehead atoms. The van der Waals surface area contributed by atoms with Gasteiger partial charge < -0.3 is 20.1 Å². The number of morpholine rings is 1. The molecule has 1 fully saturated rings. The van der Waals surface area contributed by atoms with Crippen LogP contribution in [-0.2, 0) is 4.74 Å². The first-order valence-corrected chi connectivity index (χ1v) is 12.1. The number of anilines is 1. The summed E-state index contributed by atoms with van der Waals surface area (Å²) >= 11 is 6.36. The fraction of sp³-hybridized carbons (Fsp3) is 0.480. The third kappa shape index (κ3) is 4.67. The summed E-state index contributed by atoms with van der Waals surface area (Å²) in [5.41, 5.74) is 7.89. The Hall–Kier alpha value is -2.91. The normalized spacial score (nSPS) is 19.4. The zero-order chi connectivity index (χ0) is 25.6. The molecule has 10 heteroatoms. The monoisotopic (exact) mass is 503 g/mol. The van der Waals surface area contributed by atoms with Crippen LogP contribution in [0.4, 0.5) is 10.2 Å². The van der Waals surface area contributed by atoms with Crippen molar-refractivity contribution in [1.29, 1.82) is 0 Å². The van der Waals surface area contributed by atoms with Crippen LogP contribution in [0.15, 0.2) is 18.5 Å². The molecule has 35 heavy (non-hydrogen) atoms. The van der Waals surface area contributed by atoms with Crippen molar-refractivity contribution in [2.24, 2.45) is 0 Å². The first kappa shape index (κ1) is 25.2. The Kier molecular flexibility index (Phi) is 6.92. The topological polar surface area (TPSA) is 95.0 Å². The number of carbonyl (C=O) groups is 1. The van der Waals surface area contributed by atoms with Gasteiger partial charge in [-0.3, -0.25) is 9.20 Å². The van der Waals surface area contributed by atoms with E-state index in [2.05, 4.69) is 4.98 Å². The van der Waals surface area contributed by atoms with Crippen molar-refractivity contribution >= 4 is 28.8 Å². The van der Waals surface area contributed by atoms with Crippen LogP contribution in [0.2, 0.25) is 5.02 Å². The smallest absolute Gasteiger partial charge is 0.260 e. The molecule has 2 N–H and O–H groups in total. The van der Waals surface area contributed by atoms with Gasteiger partial charge in [-0.1, -0.05) is 18.5 Å². The minimum absolute atomic E-state index is 0.153. The van der Waals surface area contributed by atoms with Gasteiger partial charge in [0, 0.05) is 37.0 Å². The summed E-state index contributed by atoms with van der Waals surface area (Å²) in [6.45, 7) is 11.9. The van der Waals surface area contributed by atoms with Gasteiger partial charge >= 0.3 is 0 Å². The van der Waals surface area contributed by atoms with Crippen molar-refractivity contribution in [1.82, 2.24) is 19.3 Å². The van der Waals surface area contributed by atoms with E-state index in [1.807, 2.05) is 45.9 Å². The Labute approximate surface area is 209 Å².